The number of nitrogens with one attached hydrogen (secondary N) is 1. The smallest absolute Gasteiger partial charge is 0.193 e. The second kappa shape index (κ2) is 7.49. The van der Waals surface area contributed by atoms with Gasteiger partial charge in [-0.3, -0.25) is 4.99 Å². The fourth-order valence-electron chi connectivity index (χ4n) is 3.35. The first-order valence-corrected chi connectivity index (χ1v) is 8.63. The topological polar surface area (TPSA) is 45.5 Å². The number of rotatable bonds is 4. The molecular weight excluding hydrogens is 286 g/mol. The van der Waals surface area contributed by atoms with Crippen LogP contribution in [0, 0.1) is 5.92 Å². The van der Waals surface area contributed by atoms with Crippen LogP contribution in [0.2, 0.25) is 0 Å². The van der Waals surface area contributed by atoms with Crippen LogP contribution in [0.1, 0.15) is 26.2 Å². The summed E-state index contributed by atoms with van der Waals surface area (Å²) in [4.78, 5) is 11.3. The van der Waals surface area contributed by atoms with E-state index in [9.17, 15) is 0 Å². The van der Waals surface area contributed by atoms with Gasteiger partial charge in [0.1, 0.15) is 0 Å². The summed E-state index contributed by atoms with van der Waals surface area (Å²) in [5.41, 5.74) is 2.28. The van der Waals surface area contributed by atoms with Crippen molar-refractivity contribution >= 4 is 17.0 Å². The normalized spacial score (nSPS) is 19.3. The molecule has 0 bridgehead atoms. The van der Waals surface area contributed by atoms with Gasteiger partial charge in [-0.2, -0.15) is 0 Å². The van der Waals surface area contributed by atoms with E-state index in [4.69, 9.17) is 0 Å². The van der Waals surface area contributed by atoms with Crippen LogP contribution in [0.25, 0.3) is 11.0 Å². The van der Waals surface area contributed by atoms with E-state index in [-0.39, 0.29) is 0 Å². The van der Waals surface area contributed by atoms with E-state index >= 15 is 0 Å². The maximum absolute atomic E-state index is 4.44. The highest BCUT2D eigenvalue weighted by Gasteiger charge is 2.18. The largest absolute Gasteiger partial charge is 0.356 e. The minimum absolute atomic E-state index is 0.764. The van der Waals surface area contributed by atoms with Crippen molar-refractivity contribution in [2.45, 2.75) is 32.7 Å². The van der Waals surface area contributed by atoms with Gasteiger partial charge in [0.25, 0.3) is 0 Å². The van der Waals surface area contributed by atoms with Gasteiger partial charge >= 0.3 is 0 Å². The molecular formula is C18H27N5. The number of aryl methyl sites for hydroxylation is 1. The molecule has 2 heterocycles. The summed E-state index contributed by atoms with van der Waals surface area (Å²) in [6.07, 6.45) is 5.60. The Hall–Kier alpha value is -2.04. The summed E-state index contributed by atoms with van der Waals surface area (Å²) in [5, 5.41) is 3.51. The van der Waals surface area contributed by atoms with Crippen LogP contribution in [0.15, 0.2) is 35.6 Å². The predicted octanol–water partition coefficient (Wildman–Crippen LogP) is 2.73. The van der Waals surface area contributed by atoms with Crippen molar-refractivity contribution in [2.24, 2.45) is 10.9 Å². The first-order valence-electron chi connectivity index (χ1n) is 8.63. The van der Waals surface area contributed by atoms with Crippen molar-refractivity contribution in [2.75, 3.05) is 26.7 Å². The fourth-order valence-corrected chi connectivity index (χ4v) is 3.35. The van der Waals surface area contributed by atoms with E-state index in [1.807, 2.05) is 19.4 Å². The van der Waals surface area contributed by atoms with Crippen molar-refractivity contribution in [1.29, 1.82) is 0 Å². The minimum atomic E-state index is 0.764. The molecule has 0 aliphatic carbocycles. The summed E-state index contributed by atoms with van der Waals surface area (Å²) in [6, 6.07) is 8.29. The molecule has 0 saturated carbocycles. The fraction of sp³-hybridized carbons (Fsp3) is 0.556. The van der Waals surface area contributed by atoms with Gasteiger partial charge in [-0.05, 0) is 37.3 Å². The second-order valence-corrected chi connectivity index (χ2v) is 6.45. The van der Waals surface area contributed by atoms with E-state index in [1.165, 1.54) is 18.4 Å². The molecule has 124 valence electrons. The number of imidazole rings is 1. The van der Waals surface area contributed by atoms with E-state index in [0.29, 0.717) is 0 Å². The molecule has 5 nitrogen and oxygen atoms in total. The highest BCUT2D eigenvalue weighted by atomic mass is 15.3. The predicted molar refractivity (Wildman–Crippen MR) is 95.7 cm³/mol. The van der Waals surface area contributed by atoms with Crippen molar-refractivity contribution in [3.63, 3.8) is 0 Å². The molecule has 1 N–H and O–H groups in total. The minimum Gasteiger partial charge on any atom is -0.356 e. The zero-order valence-electron chi connectivity index (χ0n) is 14.2. The lowest BCUT2D eigenvalue weighted by molar-refractivity contribution is 0.266. The molecule has 2 aromatic rings. The highest BCUT2D eigenvalue weighted by molar-refractivity contribution is 5.80. The Morgan fingerprint density at radius 3 is 3.09 bits per heavy atom. The van der Waals surface area contributed by atoms with Crippen LogP contribution in [-0.2, 0) is 6.54 Å². The van der Waals surface area contributed by atoms with Gasteiger partial charge in [0, 0.05) is 33.2 Å². The molecule has 1 aromatic heterocycles. The number of fused-ring (bicyclic) bond motifs is 1. The number of para-hydroxylation sites is 2. The zero-order valence-corrected chi connectivity index (χ0v) is 14.2. The molecule has 1 aromatic carbocycles. The van der Waals surface area contributed by atoms with Crippen LogP contribution in [-0.4, -0.2) is 47.1 Å². The molecule has 5 heteroatoms. The van der Waals surface area contributed by atoms with Crippen molar-refractivity contribution < 1.29 is 0 Å². The summed E-state index contributed by atoms with van der Waals surface area (Å²) >= 11 is 0. The Kier molecular flexibility index (Phi) is 5.16. The summed E-state index contributed by atoms with van der Waals surface area (Å²) in [7, 11) is 1.88. The Bertz CT molecular complexity index is 660. The van der Waals surface area contributed by atoms with Crippen LogP contribution in [0.5, 0.6) is 0 Å². The van der Waals surface area contributed by atoms with Gasteiger partial charge in [0.05, 0.1) is 17.4 Å². The molecule has 0 spiro atoms. The molecule has 1 atom stereocenters. The van der Waals surface area contributed by atoms with Crippen LogP contribution < -0.4 is 5.32 Å². The Balaban J connectivity index is 1.49. The second-order valence-electron chi connectivity index (χ2n) is 6.45. The number of piperidine rings is 1. The highest BCUT2D eigenvalue weighted by Crippen LogP contribution is 2.15. The first-order chi connectivity index (χ1) is 11.3. The van der Waals surface area contributed by atoms with Gasteiger partial charge in [-0.15, -0.1) is 0 Å². The van der Waals surface area contributed by atoms with Crippen molar-refractivity contribution in [3.8, 4) is 0 Å². The monoisotopic (exact) mass is 313 g/mol. The molecule has 1 fully saturated rings. The number of guanidine groups is 1. The SMILES string of the molecule is CN=C(NCCCn1cnc2ccccc21)N1CCCC(C)C1. The Morgan fingerprint density at radius 2 is 2.26 bits per heavy atom. The standard InChI is InChI=1S/C18H27N5/c1-15-7-5-11-22(13-15)18(19-2)20-10-6-12-23-14-21-16-8-3-4-9-17(16)23/h3-4,8-9,14-15H,5-7,10-13H2,1-2H3,(H,19,20). The number of hydrogen-bond acceptors (Lipinski definition) is 2. The van der Waals surface area contributed by atoms with Crippen molar-refractivity contribution in [1.82, 2.24) is 19.8 Å². The number of hydrogen-bond donors (Lipinski definition) is 1. The average Bonchev–Trinajstić information content (AvgIpc) is 2.98. The van der Waals surface area contributed by atoms with Gasteiger partial charge in [-0.1, -0.05) is 19.1 Å². The third-order valence-electron chi connectivity index (χ3n) is 4.55. The van der Waals surface area contributed by atoms with Gasteiger partial charge in [0.2, 0.25) is 0 Å². The maximum atomic E-state index is 4.44. The Morgan fingerprint density at radius 1 is 1.39 bits per heavy atom. The van der Waals surface area contributed by atoms with E-state index in [1.54, 1.807) is 0 Å². The lowest BCUT2D eigenvalue weighted by Crippen LogP contribution is -2.46. The average molecular weight is 313 g/mol. The third kappa shape index (κ3) is 3.84. The van der Waals surface area contributed by atoms with E-state index in [0.717, 1.165) is 50.0 Å². The molecule has 23 heavy (non-hydrogen) atoms. The molecule has 0 radical (unpaired) electrons. The summed E-state index contributed by atoms with van der Waals surface area (Å²) in [6.45, 7) is 6.47. The van der Waals surface area contributed by atoms with Crippen LogP contribution in [0.3, 0.4) is 0 Å². The van der Waals surface area contributed by atoms with Gasteiger partial charge in [-0.25, -0.2) is 4.98 Å². The van der Waals surface area contributed by atoms with Crippen LogP contribution in [0.4, 0.5) is 0 Å². The van der Waals surface area contributed by atoms with Crippen molar-refractivity contribution in [3.05, 3.63) is 30.6 Å². The number of benzene rings is 1. The lowest BCUT2D eigenvalue weighted by atomic mass is 10.0. The maximum Gasteiger partial charge on any atom is 0.193 e. The van der Waals surface area contributed by atoms with Crippen LogP contribution >= 0.6 is 0 Å². The first kappa shape index (κ1) is 15.8. The number of likely N-dealkylation sites (tertiary alicyclic amines) is 1. The summed E-state index contributed by atoms with van der Waals surface area (Å²) < 4.78 is 2.22. The quantitative estimate of drug-likeness (QED) is 0.536. The number of nitrogens with zero attached hydrogens (tertiary/aromatic N) is 4. The van der Waals surface area contributed by atoms with E-state index in [2.05, 4.69) is 49.9 Å². The third-order valence-corrected chi connectivity index (χ3v) is 4.55. The number of aliphatic imine (C=N–C) groups is 1. The molecule has 3 rings (SSSR count). The molecule has 1 aliphatic heterocycles. The Labute approximate surface area is 138 Å². The van der Waals surface area contributed by atoms with E-state index < -0.39 is 0 Å². The lowest BCUT2D eigenvalue weighted by Gasteiger charge is -2.33. The summed E-state index contributed by atoms with van der Waals surface area (Å²) in [5.74, 6) is 1.81. The number of aromatic nitrogens is 2. The zero-order chi connectivity index (χ0) is 16.1. The molecule has 0 amide bonds. The van der Waals surface area contributed by atoms with Gasteiger partial charge in [0.15, 0.2) is 5.96 Å². The molecule has 1 saturated heterocycles. The molecule has 1 unspecified atom stereocenters. The molecule has 1 aliphatic rings. The van der Waals surface area contributed by atoms with Gasteiger partial charge < -0.3 is 14.8 Å².